The van der Waals surface area contributed by atoms with Gasteiger partial charge in [0.25, 0.3) is 11.1 Å². The van der Waals surface area contributed by atoms with Crippen molar-refractivity contribution < 1.29 is 9.15 Å². The Kier molecular flexibility index (Phi) is 4.89. The summed E-state index contributed by atoms with van der Waals surface area (Å²) in [5, 5.41) is 10.4. The lowest BCUT2D eigenvalue weighted by molar-refractivity contribution is 0.411. The summed E-state index contributed by atoms with van der Waals surface area (Å²) in [6, 6.07) is 5.52. The summed E-state index contributed by atoms with van der Waals surface area (Å²) in [4.78, 5) is 5.29. The van der Waals surface area contributed by atoms with Crippen LogP contribution in [0.25, 0.3) is 10.8 Å². The summed E-state index contributed by atoms with van der Waals surface area (Å²) in [6.45, 7) is 3.89. The average molecular weight is 368 g/mol. The van der Waals surface area contributed by atoms with Crippen molar-refractivity contribution in [3.63, 3.8) is 0 Å². The van der Waals surface area contributed by atoms with Crippen molar-refractivity contribution >= 4 is 34.7 Å². The molecule has 0 radical (unpaired) electrons. The molecule has 0 fully saturated rings. The number of thiazole rings is 1. The maximum Gasteiger partial charge on any atom is 0.277 e. The van der Waals surface area contributed by atoms with E-state index >= 15 is 0 Å². The molecule has 2 aromatic heterocycles. The number of rotatable bonds is 5. The number of aromatic nitrogens is 3. The average Bonchev–Trinajstić information content (AvgIpc) is 3.11. The van der Waals surface area contributed by atoms with E-state index < -0.39 is 0 Å². The third-order valence-corrected chi connectivity index (χ3v) is 5.26. The minimum absolute atomic E-state index is 0.507. The number of halogens is 1. The van der Waals surface area contributed by atoms with Crippen molar-refractivity contribution in [3.8, 4) is 16.5 Å². The number of methoxy groups -OCH3 is 1. The normalized spacial score (nSPS) is 11.0. The first kappa shape index (κ1) is 16.3. The van der Waals surface area contributed by atoms with Crippen molar-refractivity contribution in [1.82, 2.24) is 15.2 Å². The van der Waals surface area contributed by atoms with Crippen LogP contribution < -0.4 is 4.74 Å². The predicted octanol–water partition coefficient (Wildman–Crippen LogP) is 4.76. The van der Waals surface area contributed by atoms with E-state index in [0.717, 1.165) is 26.9 Å². The zero-order valence-corrected chi connectivity index (χ0v) is 15.2. The molecule has 0 amide bonds. The lowest BCUT2D eigenvalue weighted by Crippen LogP contribution is -1.90. The highest BCUT2D eigenvalue weighted by Gasteiger charge is 2.15. The highest BCUT2D eigenvalue weighted by Crippen LogP contribution is 2.33. The van der Waals surface area contributed by atoms with Crippen LogP contribution in [0.15, 0.2) is 27.8 Å². The van der Waals surface area contributed by atoms with Crippen LogP contribution in [0, 0.1) is 13.8 Å². The predicted molar refractivity (Wildman–Crippen MR) is 92.4 cm³/mol. The molecule has 0 unspecified atom stereocenters. The Balaban J connectivity index is 1.75. The van der Waals surface area contributed by atoms with Gasteiger partial charge in [-0.15, -0.1) is 21.5 Å². The van der Waals surface area contributed by atoms with Crippen molar-refractivity contribution in [2.45, 2.75) is 24.8 Å². The van der Waals surface area contributed by atoms with Crippen LogP contribution in [-0.4, -0.2) is 22.3 Å². The highest BCUT2D eigenvalue weighted by molar-refractivity contribution is 7.98. The first-order chi connectivity index (χ1) is 11.1. The fourth-order valence-corrected chi connectivity index (χ4v) is 3.87. The van der Waals surface area contributed by atoms with Crippen molar-refractivity contribution in [2.24, 2.45) is 0 Å². The van der Waals surface area contributed by atoms with Crippen LogP contribution in [0.5, 0.6) is 5.75 Å². The van der Waals surface area contributed by atoms with E-state index in [-0.39, 0.29) is 0 Å². The Morgan fingerprint density at radius 2 is 2.13 bits per heavy atom. The van der Waals surface area contributed by atoms with E-state index in [1.165, 1.54) is 11.8 Å². The lowest BCUT2D eigenvalue weighted by Gasteiger charge is -2.07. The van der Waals surface area contributed by atoms with Gasteiger partial charge in [-0.05, 0) is 32.0 Å². The molecule has 0 N–H and O–H groups in total. The molecule has 120 valence electrons. The van der Waals surface area contributed by atoms with Gasteiger partial charge in [0.2, 0.25) is 0 Å². The van der Waals surface area contributed by atoms with Crippen LogP contribution in [0.4, 0.5) is 0 Å². The molecule has 8 heteroatoms. The topological polar surface area (TPSA) is 61.0 Å². The molecular weight excluding hydrogens is 354 g/mol. The summed E-state index contributed by atoms with van der Waals surface area (Å²) in [5.74, 6) is 1.93. The summed E-state index contributed by atoms with van der Waals surface area (Å²) >= 11 is 9.03. The Hall–Kier alpha value is -1.57. The van der Waals surface area contributed by atoms with E-state index in [1.807, 2.05) is 26.0 Å². The fourth-order valence-electron chi connectivity index (χ4n) is 2.09. The maximum absolute atomic E-state index is 6.04. The minimum atomic E-state index is 0.507. The summed E-state index contributed by atoms with van der Waals surface area (Å²) in [6.07, 6.45) is 0. The van der Waals surface area contributed by atoms with Gasteiger partial charge in [-0.2, -0.15) is 0 Å². The number of nitrogens with zero attached hydrogens (tertiary/aromatic N) is 3. The Bertz CT molecular complexity index is 832. The molecule has 0 saturated heterocycles. The number of benzene rings is 1. The number of hydrogen-bond donors (Lipinski definition) is 0. The van der Waals surface area contributed by atoms with Gasteiger partial charge in [-0.3, -0.25) is 0 Å². The smallest absolute Gasteiger partial charge is 0.277 e. The fraction of sp³-hybridized carbons (Fsp3) is 0.267. The highest BCUT2D eigenvalue weighted by atomic mass is 35.5. The minimum Gasteiger partial charge on any atom is -0.496 e. The molecule has 2 heterocycles. The molecule has 3 rings (SSSR count). The first-order valence-electron chi connectivity index (χ1n) is 6.80. The van der Waals surface area contributed by atoms with Crippen LogP contribution in [-0.2, 0) is 5.75 Å². The molecule has 5 nitrogen and oxygen atoms in total. The number of thioether (sulfide) groups is 1. The molecule has 0 aliphatic heterocycles. The van der Waals surface area contributed by atoms with Gasteiger partial charge < -0.3 is 9.15 Å². The Morgan fingerprint density at radius 3 is 2.83 bits per heavy atom. The van der Waals surface area contributed by atoms with Crippen molar-refractivity contribution in [2.75, 3.05) is 7.11 Å². The van der Waals surface area contributed by atoms with Crippen LogP contribution in [0.3, 0.4) is 0 Å². The molecule has 0 saturated carbocycles. The van der Waals surface area contributed by atoms with Gasteiger partial charge in [0, 0.05) is 16.3 Å². The van der Waals surface area contributed by atoms with Crippen molar-refractivity contribution in [1.29, 1.82) is 0 Å². The van der Waals surface area contributed by atoms with Gasteiger partial charge in [-0.25, -0.2) is 4.98 Å². The standard InChI is InChI=1S/C15H14ClN3O2S2/c1-8-13(23-9(2)17-8)14-18-19-15(21-14)22-7-10-6-11(16)4-5-12(10)20-3/h4-6H,7H2,1-3H3. The van der Waals surface area contributed by atoms with Gasteiger partial charge in [0.05, 0.1) is 17.8 Å². The van der Waals surface area contributed by atoms with E-state index in [9.17, 15) is 0 Å². The summed E-state index contributed by atoms with van der Waals surface area (Å²) in [7, 11) is 1.64. The quantitative estimate of drug-likeness (QED) is 0.605. The molecule has 1 aromatic carbocycles. The zero-order valence-electron chi connectivity index (χ0n) is 12.8. The van der Waals surface area contributed by atoms with Gasteiger partial charge >= 0.3 is 0 Å². The number of hydrogen-bond acceptors (Lipinski definition) is 7. The third-order valence-electron chi connectivity index (χ3n) is 3.10. The number of aryl methyl sites for hydroxylation is 2. The van der Waals surface area contributed by atoms with Crippen LogP contribution in [0.1, 0.15) is 16.3 Å². The SMILES string of the molecule is COc1ccc(Cl)cc1CSc1nnc(-c2sc(C)nc2C)o1. The lowest BCUT2D eigenvalue weighted by atomic mass is 10.2. The molecule has 23 heavy (non-hydrogen) atoms. The van der Waals surface area contributed by atoms with E-state index in [0.29, 0.717) is 21.9 Å². The number of ether oxygens (including phenoxy) is 1. The molecule has 3 aromatic rings. The molecule has 0 spiro atoms. The van der Waals surface area contributed by atoms with Gasteiger partial charge in [-0.1, -0.05) is 23.4 Å². The van der Waals surface area contributed by atoms with E-state index in [1.54, 1.807) is 24.5 Å². The van der Waals surface area contributed by atoms with Crippen LogP contribution in [0.2, 0.25) is 5.02 Å². The first-order valence-corrected chi connectivity index (χ1v) is 8.98. The summed E-state index contributed by atoms with van der Waals surface area (Å²) in [5.41, 5.74) is 1.89. The van der Waals surface area contributed by atoms with Crippen molar-refractivity contribution in [3.05, 3.63) is 39.5 Å². The molecule has 0 aliphatic rings. The van der Waals surface area contributed by atoms with E-state index in [2.05, 4.69) is 15.2 Å². The largest absolute Gasteiger partial charge is 0.496 e. The molecular formula is C15H14ClN3O2S2. The third kappa shape index (κ3) is 3.68. The van der Waals surface area contributed by atoms with Gasteiger partial charge in [0.1, 0.15) is 10.6 Å². The second-order valence-corrected chi connectivity index (χ2v) is 7.33. The van der Waals surface area contributed by atoms with Crippen LogP contribution >= 0.6 is 34.7 Å². The molecule has 0 bridgehead atoms. The second kappa shape index (κ2) is 6.90. The van der Waals surface area contributed by atoms with E-state index in [4.69, 9.17) is 20.8 Å². The Labute approximate surface area is 147 Å². The zero-order chi connectivity index (χ0) is 16.4. The Morgan fingerprint density at radius 1 is 1.30 bits per heavy atom. The monoisotopic (exact) mass is 367 g/mol. The molecule has 0 aliphatic carbocycles. The maximum atomic E-state index is 6.04. The molecule has 0 atom stereocenters. The second-order valence-electron chi connectivity index (χ2n) is 4.77. The van der Waals surface area contributed by atoms with Gasteiger partial charge in [0.15, 0.2) is 0 Å². The summed E-state index contributed by atoms with van der Waals surface area (Å²) < 4.78 is 11.1.